The Labute approximate surface area is 75.5 Å². The monoisotopic (exact) mass is 223 g/mol. The van der Waals surface area contributed by atoms with Crippen LogP contribution < -0.4 is 6.15 Å². The van der Waals surface area contributed by atoms with Gasteiger partial charge in [-0.3, -0.25) is 4.79 Å². The van der Waals surface area contributed by atoms with Crippen LogP contribution in [-0.2, 0) is 9.53 Å². The zero-order valence-electron chi connectivity index (χ0n) is 7.11. The van der Waals surface area contributed by atoms with Gasteiger partial charge in [0.1, 0.15) is 11.1 Å². The number of hydrogen-bond donors (Lipinski definition) is 1. The van der Waals surface area contributed by atoms with Crippen molar-refractivity contribution in [1.82, 2.24) is 6.15 Å². The zero-order chi connectivity index (χ0) is 8.15. The third-order valence-electron chi connectivity index (χ3n) is 1.08. The largest absolute Gasteiger partial charge is 0.431 e. The predicted molar refractivity (Wildman–Crippen MR) is 49.0 cm³/mol. The van der Waals surface area contributed by atoms with E-state index in [2.05, 4.69) is 15.9 Å². The van der Waals surface area contributed by atoms with Crippen LogP contribution in [0.2, 0.25) is 0 Å². The van der Waals surface area contributed by atoms with Crippen LogP contribution in [-0.4, -0.2) is 11.3 Å². The second kappa shape index (κ2) is 6.37. The number of carbonyl (C=O) groups is 1. The van der Waals surface area contributed by atoms with E-state index in [0.29, 0.717) is 5.76 Å². The minimum atomic E-state index is -0.251. The molecule has 0 aliphatic rings. The number of alkyl halides is 1. The molecule has 0 bridgehead atoms. The van der Waals surface area contributed by atoms with Gasteiger partial charge < -0.3 is 10.9 Å². The van der Waals surface area contributed by atoms with E-state index < -0.39 is 0 Å². The van der Waals surface area contributed by atoms with Crippen molar-refractivity contribution in [2.45, 2.75) is 20.8 Å². The Bertz CT molecular complexity index is 162. The Morgan fingerprint density at radius 1 is 1.36 bits per heavy atom. The second-order valence-corrected chi connectivity index (χ2v) is 2.72. The Balaban J connectivity index is 0. The van der Waals surface area contributed by atoms with Gasteiger partial charge in [-0.15, -0.1) is 0 Å². The van der Waals surface area contributed by atoms with E-state index >= 15 is 0 Å². The molecule has 3 nitrogen and oxygen atoms in total. The van der Waals surface area contributed by atoms with E-state index in [1.807, 2.05) is 13.8 Å². The molecule has 4 heteroatoms. The molecular weight excluding hydrogens is 210 g/mol. The molecule has 0 amide bonds. The van der Waals surface area contributed by atoms with E-state index in [1.54, 1.807) is 6.92 Å². The Kier molecular flexibility index (Phi) is 7.67. The Hall–Kier alpha value is -0.350. The molecule has 0 radical (unpaired) electrons. The normalized spacial score (nSPS) is 8.00. The van der Waals surface area contributed by atoms with Crippen molar-refractivity contribution >= 4 is 21.9 Å². The summed E-state index contributed by atoms with van der Waals surface area (Å²) in [5.41, 5.74) is 1.02. The number of esters is 1. The first kappa shape index (κ1) is 13.3. The third kappa shape index (κ3) is 6.06. The van der Waals surface area contributed by atoms with Gasteiger partial charge in [0.25, 0.3) is 0 Å². The van der Waals surface area contributed by atoms with Crippen LogP contribution in [0.25, 0.3) is 0 Å². The summed E-state index contributed by atoms with van der Waals surface area (Å²) in [5.74, 6) is 0.433. The molecule has 0 heterocycles. The molecule has 0 saturated carbocycles. The van der Waals surface area contributed by atoms with Crippen LogP contribution in [0, 0.1) is 0 Å². The lowest BCUT2D eigenvalue weighted by Gasteiger charge is -2.02. The molecule has 0 aromatic heterocycles. The molecule has 3 N–H and O–H groups in total. The maximum atomic E-state index is 10.6. The van der Waals surface area contributed by atoms with E-state index in [0.717, 1.165) is 5.57 Å². The SMILES string of the molecule is CC(C)=C(C)OC(=O)CBr.N. The number of halogens is 1. The molecule has 66 valence electrons. The van der Waals surface area contributed by atoms with Crippen molar-refractivity contribution < 1.29 is 9.53 Å². The van der Waals surface area contributed by atoms with Crippen LogP contribution in [0.3, 0.4) is 0 Å². The van der Waals surface area contributed by atoms with Gasteiger partial charge in [-0.2, -0.15) is 0 Å². The number of carbonyl (C=O) groups excluding carboxylic acids is 1. The molecule has 0 rings (SSSR count). The van der Waals surface area contributed by atoms with Gasteiger partial charge in [0.2, 0.25) is 0 Å². The molecule has 0 unspecified atom stereocenters. The van der Waals surface area contributed by atoms with E-state index in [9.17, 15) is 4.79 Å². The molecule has 0 spiro atoms. The highest BCUT2D eigenvalue weighted by atomic mass is 79.9. The maximum absolute atomic E-state index is 10.6. The van der Waals surface area contributed by atoms with Gasteiger partial charge in [-0.05, 0) is 26.3 Å². The Morgan fingerprint density at radius 2 is 1.82 bits per heavy atom. The standard InChI is InChI=1S/C7H11BrO2.H3N/c1-5(2)6(3)10-7(9)4-8;/h4H2,1-3H3;1H3. The zero-order valence-corrected chi connectivity index (χ0v) is 8.69. The molecular formula is C7H14BrNO2. The van der Waals surface area contributed by atoms with Gasteiger partial charge in [0.15, 0.2) is 0 Å². The summed E-state index contributed by atoms with van der Waals surface area (Å²) in [4.78, 5) is 10.6. The van der Waals surface area contributed by atoms with Gasteiger partial charge >= 0.3 is 5.97 Å². The first-order valence-corrected chi connectivity index (χ1v) is 4.10. The molecule has 0 atom stereocenters. The minimum absolute atomic E-state index is 0. The molecule has 11 heavy (non-hydrogen) atoms. The van der Waals surface area contributed by atoms with Crippen molar-refractivity contribution in [3.8, 4) is 0 Å². The van der Waals surface area contributed by atoms with Crippen molar-refractivity contribution in [3.05, 3.63) is 11.3 Å². The van der Waals surface area contributed by atoms with Gasteiger partial charge in [-0.25, -0.2) is 0 Å². The Morgan fingerprint density at radius 3 is 2.09 bits per heavy atom. The van der Waals surface area contributed by atoms with Crippen molar-refractivity contribution in [1.29, 1.82) is 0 Å². The summed E-state index contributed by atoms with van der Waals surface area (Å²) in [6.45, 7) is 5.57. The van der Waals surface area contributed by atoms with Crippen LogP contribution in [0.5, 0.6) is 0 Å². The van der Waals surface area contributed by atoms with E-state index in [-0.39, 0.29) is 17.4 Å². The van der Waals surface area contributed by atoms with Gasteiger partial charge in [0, 0.05) is 0 Å². The lowest BCUT2D eigenvalue weighted by molar-refractivity contribution is -0.136. The highest BCUT2D eigenvalue weighted by Gasteiger charge is 2.00. The van der Waals surface area contributed by atoms with Crippen molar-refractivity contribution in [2.24, 2.45) is 0 Å². The second-order valence-electron chi connectivity index (χ2n) is 2.16. The average Bonchev–Trinajstić information content (AvgIpc) is 1.87. The summed E-state index contributed by atoms with van der Waals surface area (Å²) >= 11 is 3.00. The molecule has 0 aliphatic carbocycles. The molecule has 0 fully saturated rings. The van der Waals surface area contributed by atoms with Crippen LogP contribution in [0.15, 0.2) is 11.3 Å². The van der Waals surface area contributed by atoms with Crippen molar-refractivity contribution in [2.75, 3.05) is 5.33 Å². The summed E-state index contributed by atoms with van der Waals surface area (Å²) in [6.07, 6.45) is 0. The fraction of sp³-hybridized carbons (Fsp3) is 0.571. The lowest BCUT2D eigenvalue weighted by atomic mass is 10.3. The van der Waals surface area contributed by atoms with Crippen LogP contribution in [0.1, 0.15) is 20.8 Å². The quantitative estimate of drug-likeness (QED) is 0.445. The third-order valence-corrected chi connectivity index (χ3v) is 1.54. The minimum Gasteiger partial charge on any atom is -0.431 e. The number of allylic oxidation sites excluding steroid dienone is 2. The highest BCUT2D eigenvalue weighted by molar-refractivity contribution is 9.09. The van der Waals surface area contributed by atoms with Crippen molar-refractivity contribution in [3.63, 3.8) is 0 Å². The van der Waals surface area contributed by atoms with Gasteiger partial charge in [0.05, 0.1) is 0 Å². The topological polar surface area (TPSA) is 61.3 Å². The number of ether oxygens (including phenoxy) is 1. The predicted octanol–water partition coefficient (Wildman–Crippen LogP) is 2.40. The molecule has 0 saturated heterocycles. The average molecular weight is 224 g/mol. The fourth-order valence-electron chi connectivity index (χ4n) is 0.300. The van der Waals surface area contributed by atoms with E-state index in [4.69, 9.17) is 4.74 Å². The number of rotatable bonds is 2. The van der Waals surface area contributed by atoms with Gasteiger partial charge in [-0.1, -0.05) is 15.9 Å². The van der Waals surface area contributed by atoms with E-state index in [1.165, 1.54) is 0 Å². The maximum Gasteiger partial charge on any atom is 0.321 e. The summed E-state index contributed by atoms with van der Waals surface area (Å²) in [5, 5.41) is 0.248. The first-order chi connectivity index (χ1) is 4.57. The summed E-state index contributed by atoms with van der Waals surface area (Å²) in [7, 11) is 0. The lowest BCUT2D eigenvalue weighted by Crippen LogP contribution is -2.03. The molecule has 0 aromatic rings. The molecule has 0 aromatic carbocycles. The number of hydrogen-bond acceptors (Lipinski definition) is 3. The summed E-state index contributed by atoms with van der Waals surface area (Å²) < 4.78 is 4.85. The van der Waals surface area contributed by atoms with Crippen LogP contribution in [0.4, 0.5) is 0 Å². The fourth-order valence-corrected chi connectivity index (χ4v) is 0.415. The first-order valence-electron chi connectivity index (χ1n) is 2.98. The van der Waals surface area contributed by atoms with Crippen LogP contribution >= 0.6 is 15.9 Å². The highest BCUT2D eigenvalue weighted by Crippen LogP contribution is 2.04. The summed E-state index contributed by atoms with van der Waals surface area (Å²) in [6, 6.07) is 0. The molecule has 0 aliphatic heterocycles. The smallest absolute Gasteiger partial charge is 0.321 e.